The summed E-state index contributed by atoms with van der Waals surface area (Å²) in [7, 11) is 0. The molecule has 0 aliphatic carbocycles. The van der Waals surface area contributed by atoms with Gasteiger partial charge in [-0.2, -0.15) is 0 Å². The molecule has 6 nitrogen and oxygen atoms in total. The Morgan fingerprint density at radius 1 is 1.46 bits per heavy atom. The van der Waals surface area contributed by atoms with Gasteiger partial charge in [-0.1, -0.05) is 10.9 Å². The monoisotopic (exact) mass is 176 g/mol. The zero-order valence-electron chi connectivity index (χ0n) is 6.66. The molecule has 13 heavy (non-hydrogen) atoms. The van der Waals surface area contributed by atoms with E-state index in [4.69, 9.17) is 4.84 Å². The molecule has 2 rings (SSSR count). The summed E-state index contributed by atoms with van der Waals surface area (Å²) in [5.74, 6) is 0. The van der Waals surface area contributed by atoms with Crippen LogP contribution in [0.3, 0.4) is 0 Å². The van der Waals surface area contributed by atoms with Crippen molar-refractivity contribution in [2.75, 3.05) is 0 Å². The summed E-state index contributed by atoms with van der Waals surface area (Å²) < 4.78 is 0. The van der Waals surface area contributed by atoms with Gasteiger partial charge in [-0.05, 0) is 22.6 Å². The Bertz CT molecular complexity index is 346. The van der Waals surface area contributed by atoms with E-state index in [1.54, 1.807) is 6.20 Å². The minimum Gasteiger partial charge on any atom is -0.387 e. The Morgan fingerprint density at radius 3 is 3.15 bits per heavy atom. The summed E-state index contributed by atoms with van der Waals surface area (Å²) in [5.41, 5.74) is 0.811. The maximum atomic E-state index is 5.09. The van der Waals surface area contributed by atoms with Gasteiger partial charge in [0.25, 0.3) is 6.33 Å². The average Bonchev–Trinajstić information content (AvgIpc) is 2.69. The smallest absolute Gasteiger partial charge is 0.264 e. The van der Waals surface area contributed by atoms with Gasteiger partial charge in [-0.3, -0.25) is 4.98 Å². The van der Waals surface area contributed by atoms with Crippen LogP contribution in [0.25, 0.3) is 0 Å². The van der Waals surface area contributed by atoms with E-state index < -0.39 is 0 Å². The molecule has 0 aromatic carbocycles. The lowest BCUT2D eigenvalue weighted by Gasteiger charge is -2.00. The Morgan fingerprint density at radius 2 is 2.46 bits per heavy atom. The first-order chi connectivity index (χ1) is 6.45. The summed E-state index contributed by atoms with van der Waals surface area (Å²) in [4.78, 5) is 10.2. The van der Waals surface area contributed by atoms with Gasteiger partial charge in [0.15, 0.2) is 6.61 Å². The normalized spacial score (nSPS) is 9.85. The van der Waals surface area contributed by atoms with Gasteiger partial charge in [0.05, 0.1) is 5.69 Å². The van der Waals surface area contributed by atoms with Crippen molar-refractivity contribution in [1.82, 2.24) is 25.4 Å². The molecule has 0 atom stereocenters. The highest BCUT2D eigenvalue weighted by Gasteiger charge is 1.95. The molecular formula is C7H6N5O. The zero-order valence-corrected chi connectivity index (χ0v) is 6.66. The number of tetrazole rings is 1. The van der Waals surface area contributed by atoms with E-state index in [1.165, 1.54) is 0 Å². The quantitative estimate of drug-likeness (QED) is 0.630. The first-order valence-corrected chi connectivity index (χ1v) is 3.64. The van der Waals surface area contributed by atoms with E-state index in [0.29, 0.717) is 6.61 Å². The maximum Gasteiger partial charge on any atom is 0.264 e. The standard InChI is InChI=1S/C7H6N5O/c1-2-4-8-7(3-1)5-13-12-6-9-10-11-12/h1-4H,5H2. The highest BCUT2D eigenvalue weighted by Crippen LogP contribution is 1.92. The highest BCUT2D eigenvalue weighted by atomic mass is 16.7. The van der Waals surface area contributed by atoms with Crippen LogP contribution in [-0.2, 0) is 6.61 Å². The molecule has 65 valence electrons. The van der Waals surface area contributed by atoms with Gasteiger partial charge in [-0.15, -0.1) is 5.10 Å². The number of hydrogen-bond acceptors (Lipinski definition) is 5. The Balaban J connectivity index is 1.94. The number of pyridine rings is 1. The van der Waals surface area contributed by atoms with Gasteiger partial charge in [0, 0.05) is 6.20 Å². The van der Waals surface area contributed by atoms with Crippen molar-refractivity contribution < 1.29 is 4.84 Å². The topological polar surface area (TPSA) is 65.7 Å². The van der Waals surface area contributed by atoms with Crippen LogP contribution < -0.4 is 4.84 Å². The van der Waals surface area contributed by atoms with Crippen LogP contribution in [0.5, 0.6) is 0 Å². The third-order valence-electron chi connectivity index (χ3n) is 1.36. The molecule has 2 heterocycles. The van der Waals surface area contributed by atoms with Gasteiger partial charge < -0.3 is 4.84 Å². The summed E-state index contributed by atoms with van der Waals surface area (Å²) >= 11 is 0. The molecule has 0 N–H and O–H groups in total. The van der Waals surface area contributed by atoms with Crippen LogP contribution in [0, 0.1) is 6.33 Å². The fourth-order valence-electron chi connectivity index (χ4n) is 0.800. The molecule has 0 amide bonds. The molecule has 0 bridgehead atoms. The SMILES string of the molecule is [c]1nnnn1OCc1ccccn1. The third-order valence-corrected chi connectivity index (χ3v) is 1.36. The first-order valence-electron chi connectivity index (χ1n) is 3.64. The van der Waals surface area contributed by atoms with Gasteiger partial charge in [0.2, 0.25) is 0 Å². The third kappa shape index (κ3) is 1.98. The number of rotatable bonds is 3. The van der Waals surface area contributed by atoms with E-state index in [-0.39, 0.29) is 0 Å². The van der Waals surface area contributed by atoms with Crippen LogP contribution in [0.2, 0.25) is 0 Å². The van der Waals surface area contributed by atoms with E-state index >= 15 is 0 Å². The molecule has 0 saturated carbocycles. The highest BCUT2D eigenvalue weighted by molar-refractivity contribution is 5.01. The molecular weight excluding hydrogens is 170 g/mol. The van der Waals surface area contributed by atoms with Crippen LogP contribution in [0.1, 0.15) is 5.69 Å². The molecule has 0 aliphatic rings. The maximum absolute atomic E-state index is 5.09. The summed E-state index contributed by atoms with van der Waals surface area (Å²) in [6, 6.07) is 5.58. The second kappa shape index (κ2) is 3.61. The van der Waals surface area contributed by atoms with Gasteiger partial charge in [-0.25, -0.2) is 0 Å². The summed E-state index contributed by atoms with van der Waals surface area (Å²) in [6.45, 7) is 0.322. The van der Waals surface area contributed by atoms with Crippen molar-refractivity contribution in [3.8, 4) is 0 Å². The molecule has 1 radical (unpaired) electrons. The fraction of sp³-hybridized carbons (Fsp3) is 0.143. The van der Waals surface area contributed by atoms with Crippen LogP contribution in [0.15, 0.2) is 24.4 Å². The lowest BCUT2D eigenvalue weighted by atomic mass is 10.4. The second-order valence-corrected chi connectivity index (χ2v) is 2.25. The lowest BCUT2D eigenvalue weighted by Crippen LogP contribution is -2.12. The predicted octanol–water partition coefficient (Wildman–Crippen LogP) is -0.503. The van der Waals surface area contributed by atoms with E-state index in [2.05, 4.69) is 26.8 Å². The predicted molar refractivity (Wildman–Crippen MR) is 41.2 cm³/mol. The average molecular weight is 176 g/mol. The van der Waals surface area contributed by atoms with Crippen molar-refractivity contribution >= 4 is 0 Å². The molecule has 0 saturated heterocycles. The second-order valence-electron chi connectivity index (χ2n) is 2.25. The minimum absolute atomic E-state index is 0.322. The lowest BCUT2D eigenvalue weighted by molar-refractivity contribution is 0.0622. The largest absolute Gasteiger partial charge is 0.387 e. The van der Waals surface area contributed by atoms with E-state index in [1.807, 2.05) is 18.2 Å². The first kappa shape index (κ1) is 7.66. The Kier molecular flexibility index (Phi) is 2.13. The number of nitrogens with zero attached hydrogens (tertiary/aromatic N) is 5. The van der Waals surface area contributed by atoms with Gasteiger partial charge >= 0.3 is 0 Å². The van der Waals surface area contributed by atoms with E-state index in [0.717, 1.165) is 10.5 Å². The van der Waals surface area contributed by atoms with Crippen LogP contribution in [0.4, 0.5) is 0 Å². The molecule has 2 aromatic rings. The summed E-state index contributed by atoms with van der Waals surface area (Å²) in [5, 5.41) is 10.1. The van der Waals surface area contributed by atoms with Crippen LogP contribution in [-0.4, -0.2) is 25.4 Å². The van der Waals surface area contributed by atoms with Crippen molar-refractivity contribution in [3.05, 3.63) is 36.4 Å². The Hall–Kier alpha value is -1.98. The molecule has 0 unspecified atom stereocenters. The fourth-order valence-corrected chi connectivity index (χ4v) is 0.800. The summed E-state index contributed by atoms with van der Waals surface area (Å²) in [6.07, 6.45) is 4.10. The van der Waals surface area contributed by atoms with Crippen molar-refractivity contribution in [3.63, 3.8) is 0 Å². The Labute approximate surface area is 74.1 Å². The van der Waals surface area contributed by atoms with Crippen LogP contribution >= 0.6 is 0 Å². The molecule has 6 heteroatoms. The van der Waals surface area contributed by atoms with Crippen molar-refractivity contribution in [1.29, 1.82) is 0 Å². The molecule has 0 fully saturated rings. The molecule has 2 aromatic heterocycles. The van der Waals surface area contributed by atoms with Gasteiger partial charge in [0.1, 0.15) is 0 Å². The zero-order chi connectivity index (χ0) is 8.93. The molecule has 0 aliphatic heterocycles. The number of hydrogen-bond donors (Lipinski definition) is 0. The van der Waals surface area contributed by atoms with Crippen molar-refractivity contribution in [2.24, 2.45) is 0 Å². The minimum atomic E-state index is 0.322. The van der Waals surface area contributed by atoms with Crippen molar-refractivity contribution in [2.45, 2.75) is 6.61 Å². The molecule has 0 spiro atoms. The van der Waals surface area contributed by atoms with E-state index in [9.17, 15) is 0 Å². The number of aromatic nitrogens is 5.